The molecule has 0 radical (unpaired) electrons. The lowest BCUT2D eigenvalue weighted by atomic mass is 10.2. The molecule has 4 rings (SSSR count). The summed E-state index contributed by atoms with van der Waals surface area (Å²) in [7, 11) is 3.21. The van der Waals surface area contributed by atoms with Crippen LogP contribution in [0, 0.1) is 0 Å². The molecule has 0 aliphatic rings. The number of nitrogens with one attached hydrogen (secondary N) is 2. The first-order chi connectivity index (χ1) is 15.6. The van der Waals surface area contributed by atoms with Crippen molar-refractivity contribution in [2.45, 2.75) is 17.3 Å². The molecule has 0 saturated heterocycles. The Morgan fingerprint density at radius 3 is 2.75 bits per heavy atom. The van der Waals surface area contributed by atoms with Gasteiger partial charge in [-0.2, -0.15) is 0 Å². The number of methoxy groups -OCH3 is 2. The topological polar surface area (TPSA) is 102 Å². The van der Waals surface area contributed by atoms with Crippen molar-refractivity contribution in [2.24, 2.45) is 0 Å². The molecule has 2 aromatic carbocycles. The Balaban J connectivity index is 1.34. The predicted molar refractivity (Wildman–Crippen MR) is 125 cm³/mol. The van der Waals surface area contributed by atoms with Gasteiger partial charge in [-0.25, -0.2) is 9.97 Å². The molecule has 4 aromatic rings. The number of hydrogen-bond donors (Lipinski definition) is 2. The van der Waals surface area contributed by atoms with Crippen molar-refractivity contribution in [2.75, 3.05) is 19.5 Å². The second-order valence-electron chi connectivity index (χ2n) is 6.65. The molecule has 2 N–H and O–H groups in total. The minimum absolute atomic E-state index is 0.0863. The quantitative estimate of drug-likeness (QED) is 0.351. The first-order valence-electron chi connectivity index (χ1n) is 9.70. The van der Waals surface area contributed by atoms with Crippen molar-refractivity contribution in [3.05, 3.63) is 64.6 Å². The Kier molecular flexibility index (Phi) is 7.03. The summed E-state index contributed by atoms with van der Waals surface area (Å²) in [4.78, 5) is 21.3. The minimum atomic E-state index is -0.0863. The average molecular weight is 468 g/mol. The number of amides is 1. The Labute approximate surface area is 193 Å². The first-order valence-corrected chi connectivity index (χ1v) is 11.6. The molecule has 10 heteroatoms. The highest BCUT2D eigenvalue weighted by Crippen LogP contribution is 2.32. The molecule has 32 heavy (non-hydrogen) atoms. The summed E-state index contributed by atoms with van der Waals surface area (Å²) in [5.41, 5.74) is 2.46. The van der Waals surface area contributed by atoms with Crippen LogP contribution in [0.25, 0.3) is 11.4 Å². The van der Waals surface area contributed by atoms with Crippen molar-refractivity contribution in [3.8, 4) is 22.9 Å². The van der Waals surface area contributed by atoms with Crippen LogP contribution in [0.4, 0.5) is 5.69 Å². The van der Waals surface area contributed by atoms with E-state index in [1.54, 1.807) is 20.3 Å². The molecule has 0 aliphatic carbocycles. The molecule has 0 atom stereocenters. The summed E-state index contributed by atoms with van der Waals surface area (Å²) >= 11 is 2.94. The molecule has 1 amide bonds. The summed E-state index contributed by atoms with van der Waals surface area (Å²) in [6.07, 6.45) is 0.242. The third-order valence-corrected chi connectivity index (χ3v) is 6.23. The van der Waals surface area contributed by atoms with Gasteiger partial charge < -0.3 is 14.8 Å². The van der Waals surface area contributed by atoms with Crippen molar-refractivity contribution >= 4 is 34.7 Å². The van der Waals surface area contributed by atoms with Gasteiger partial charge in [-0.3, -0.25) is 9.89 Å². The van der Waals surface area contributed by atoms with Gasteiger partial charge in [0.25, 0.3) is 0 Å². The monoisotopic (exact) mass is 467 g/mol. The molecule has 0 aliphatic heterocycles. The molecule has 0 fully saturated rings. The molecule has 2 heterocycles. The van der Waals surface area contributed by atoms with Crippen LogP contribution in [-0.2, 0) is 17.0 Å². The number of aromatic nitrogens is 4. The largest absolute Gasteiger partial charge is 0.497 e. The number of aromatic amines is 1. The van der Waals surface area contributed by atoms with Crippen LogP contribution in [0.1, 0.15) is 10.7 Å². The number of hydrogen-bond acceptors (Lipinski definition) is 8. The lowest BCUT2D eigenvalue weighted by Gasteiger charge is -2.07. The van der Waals surface area contributed by atoms with E-state index >= 15 is 0 Å². The number of anilines is 1. The van der Waals surface area contributed by atoms with Gasteiger partial charge in [-0.15, -0.1) is 16.4 Å². The second kappa shape index (κ2) is 10.3. The third-order valence-electron chi connectivity index (χ3n) is 4.45. The highest BCUT2D eigenvalue weighted by atomic mass is 32.2. The van der Waals surface area contributed by atoms with E-state index in [9.17, 15) is 4.79 Å². The fourth-order valence-electron chi connectivity index (χ4n) is 2.92. The maximum Gasteiger partial charge on any atom is 0.231 e. The summed E-state index contributed by atoms with van der Waals surface area (Å²) < 4.78 is 10.7. The maximum atomic E-state index is 12.2. The van der Waals surface area contributed by atoms with Crippen LogP contribution < -0.4 is 14.8 Å². The molecule has 8 nitrogen and oxygen atoms in total. The summed E-state index contributed by atoms with van der Waals surface area (Å²) in [6.45, 7) is 0. The number of thiazole rings is 1. The van der Waals surface area contributed by atoms with Gasteiger partial charge in [0.05, 0.1) is 31.9 Å². The highest BCUT2D eigenvalue weighted by molar-refractivity contribution is 7.98. The fourth-order valence-corrected chi connectivity index (χ4v) is 4.51. The van der Waals surface area contributed by atoms with E-state index in [-0.39, 0.29) is 12.3 Å². The SMILES string of the molecule is COc1ccc(-c2nc(SCc3csc(CC(=O)Nc4ccccc4)n3)n[nH]2)c(OC)c1. The van der Waals surface area contributed by atoms with E-state index in [0.717, 1.165) is 22.0 Å². The lowest BCUT2D eigenvalue weighted by molar-refractivity contribution is -0.115. The standard InChI is InChI=1S/C22H21N5O3S2/c1-29-16-8-9-17(18(10-16)30-2)21-25-22(27-26-21)32-13-15-12-31-20(24-15)11-19(28)23-14-6-4-3-5-7-14/h3-10,12H,11,13H2,1-2H3,(H,23,28)(H,25,26,27). The Hall–Kier alpha value is -3.37. The molecule has 2 aromatic heterocycles. The molecule has 0 saturated carbocycles. The number of para-hydroxylation sites is 1. The Morgan fingerprint density at radius 1 is 1.12 bits per heavy atom. The van der Waals surface area contributed by atoms with Gasteiger partial charge in [-0.1, -0.05) is 30.0 Å². The zero-order valence-electron chi connectivity index (χ0n) is 17.5. The fraction of sp³-hybridized carbons (Fsp3) is 0.182. The minimum Gasteiger partial charge on any atom is -0.497 e. The van der Waals surface area contributed by atoms with Crippen molar-refractivity contribution in [3.63, 3.8) is 0 Å². The van der Waals surface area contributed by atoms with Crippen LogP contribution in [0.3, 0.4) is 0 Å². The number of H-pyrrole nitrogens is 1. The second-order valence-corrected chi connectivity index (χ2v) is 8.53. The Bertz CT molecular complexity index is 1190. The van der Waals surface area contributed by atoms with Crippen molar-refractivity contribution in [1.82, 2.24) is 20.2 Å². The average Bonchev–Trinajstić information content (AvgIpc) is 3.47. The molecule has 0 spiro atoms. The zero-order chi connectivity index (χ0) is 22.3. The molecule has 164 valence electrons. The van der Waals surface area contributed by atoms with Crippen molar-refractivity contribution < 1.29 is 14.3 Å². The van der Waals surface area contributed by atoms with E-state index < -0.39 is 0 Å². The third kappa shape index (κ3) is 5.45. The van der Waals surface area contributed by atoms with Crippen molar-refractivity contribution in [1.29, 1.82) is 0 Å². The van der Waals surface area contributed by atoms with Gasteiger partial charge in [0.1, 0.15) is 16.5 Å². The number of rotatable bonds is 9. The summed E-state index contributed by atoms with van der Waals surface area (Å²) in [5.74, 6) is 2.49. The predicted octanol–water partition coefficient (Wildman–Crippen LogP) is 4.42. The van der Waals surface area contributed by atoms with Crippen LogP contribution in [0.15, 0.2) is 59.1 Å². The number of ether oxygens (including phenoxy) is 2. The van der Waals surface area contributed by atoms with Crippen LogP contribution >= 0.6 is 23.1 Å². The van der Waals surface area contributed by atoms with Gasteiger partial charge in [0.15, 0.2) is 5.82 Å². The maximum absolute atomic E-state index is 12.2. The van der Waals surface area contributed by atoms with Gasteiger partial charge >= 0.3 is 0 Å². The zero-order valence-corrected chi connectivity index (χ0v) is 19.1. The summed E-state index contributed by atoms with van der Waals surface area (Å²) in [6, 6.07) is 14.9. The highest BCUT2D eigenvalue weighted by Gasteiger charge is 2.14. The smallest absolute Gasteiger partial charge is 0.231 e. The van der Waals surface area contributed by atoms with E-state index in [4.69, 9.17) is 9.47 Å². The van der Waals surface area contributed by atoms with Gasteiger partial charge in [-0.05, 0) is 24.3 Å². The number of thioether (sulfide) groups is 1. The first kappa shape index (κ1) is 21.8. The number of carbonyl (C=O) groups excluding carboxylic acids is 1. The van der Waals surface area contributed by atoms with E-state index in [1.165, 1.54) is 23.1 Å². The molecule has 0 bridgehead atoms. The molecular formula is C22H21N5O3S2. The number of nitrogens with zero attached hydrogens (tertiary/aromatic N) is 3. The normalized spacial score (nSPS) is 10.7. The molecular weight excluding hydrogens is 446 g/mol. The van der Waals surface area contributed by atoms with Gasteiger partial charge in [0.2, 0.25) is 11.1 Å². The summed E-state index contributed by atoms with van der Waals surface area (Å²) in [5, 5.41) is 13.4. The molecule has 0 unspecified atom stereocenters. The van der Waals surface area contributed by atoms with E-state index in [1.807, 2.05) is 47.8 Å². The van der Waals surface area contributed by atoms with E-state index in [2.05, 4.69) is 25.5 Å². The van der Waals surface area contributed by atoms with Crippen LogP contribution in [0.5, 0.6) is 11.5 Å². The lowest BCUT2D eigenvalue weighted by Crippen LogP contribution is -2.14. The number of benzene rings is 2. The van der Waals surface area contributed by atoms with Crippen LogP contribution in [-0.4, -0.2) is 40.3 Å². The van der Waals surface area contributed by atoms with Crippen LogP contribution in [0.2, 0.25) is 0 Å². The number of carbonyl (C=O) groups is 1. The van der Waals surface area contributed by atoms with E-state index in [0.29, 0.717) is 28.2 Å². The van der Waals surface area contributed by atoms with Gasteiger partial charge in [0, 0.05) is 22.9 Å². The Morgan fingerprint density at radius 2 is 1.97 bits per heavy atom.